The van der Waals surface area contributed by atoms with Crippen molar-refractivity contribution in [2.75, 3.05) is 0 Å². The predicted molar refractivity (Wildman–Crippen MR) is 140 cm³/mol. The van der Waals surface area contributed by atoms with Crippen molar-refractivity contribution < 1.29 is 17.9 Å². The topological polar surface area (TPSA) is 0 Å². The minimum absolute atomic E-state index is 0.993. The molecule has 4 aromatic rings. The molecule has 0 bridgehead atoms. The summed E-state index contributed by atoms with van der Waals surface area (Å²) in [7, 11) is 0. The maximum absolute atomic E-state index is 2.50. The summed E-state index contributed by atoms with van der Waals surface area (Å²) in [5.41, 5.74) is 8.21. The van der Waals surface area contributed by atoms with Crippen molar-refractivity contribution in [1.82, 2.24) is 0 Å². The van der Waals surface area contributed by atoms with Crippen molar-refractivity contribution in [1.29, 1.82) is 0 Å². The normalized spacial score (nSPS) is 13.5. The van der Waals surface area contributed by atoms with Gasteiger partial charge in [-0.15, -0.1) is 0 Å². The molecule has 1 heteroatoms. The SMILES string of the molecule is [CH3][Ti]([CH3])[C]1=c2ccccc2=c2ccc(=C(c3ccccc3)c3ccccc3)c(C3=CC=CC3)c21. The molecule has 0 aromatic heterocycles. The average molecular weight is 471 g/mol. The molecule has 0 saturated heterocycles. The van der Waals surface area contributed by atoms with Gasteiger partial charge in [-0.2, -0.15) is 0 Å². The second-order valence-corrected chi connectivity index (χ2v) is 13.2. The third kappa shape index (κ3) is 3.50. The van der Waals surface area contributed by atoms with Crippen molar-refractivity contribution in [2.45, 2.75) is 16.9 Å². The maximum atomic E-state index is 2.50. The molecule has 0 N–H and O–H groups in total. The number of fused-ring (bicyclic) bond motifs is 2. The summed E-state index contributed by atoms with van der Waals surface area (Å²) in [6.07, 6.45) is 7.84. The van der Waals surface area contributed by atoms with Crippen LogP contribution >= 0.6 is 0 Å². The van der Waals surface area contributed by atoms with Gasteiger partial charge in [0.1, 0.15) is 0 Å². The Bertz CT molecular complexity index is 1630. The molecule has 6 rings (SSSR count). The average Bonchev–Trinajstić information content (AvgIpc) is 3.52. The standard InChI is InChI=1S/C31H21.2CH3.Ti/c1-3-11-22(12-4-1)30(23-13-5-2-6-14-23)28-20-19-27-26-18-10-9-17-25(26)21-29(27)31(28)24-15-7-8-16-24;;;/h1-15,17-20H,16H2;2*1H3;. The van der Waals surface area contributed by atoms with E-state index in [2.05, 4.69) is 126 Å². The van der Waals surface area contributed by atoms with Gasteiger partial charge in [-0.1, -0.05) is 0 Å². The number of rotatable bonds is 4. The molecule has 0 fully saturated rings. The molecule has 0 saturated carbocycles. The zero-order valence-corrected chi connectivity index (χ0v) is 21.2. The van der Waals surface area contributed by atoms with E-state index >= 15 is 0 Å². The number of hydrogen-bond donors (Lipinski definition) is 0. The minimum atomic E-state index is -1.42. The van der Waals surface area contributed by atoms with Crippen LogP contribution in [0.3, 0.4) is 0 Å². The monoisotopic (exact) mass is 471 g/mol. The first-order valence-electron chi connectivity index (χ1n) is 12.0. The second-order valence-electron chi connectivity index (χ2n) is 9.26. The molecule has 0 heterocycles. The zero-order valence-electron chi connectivity index (χ0n) is 19.7. The van der Waals surface area contributed by atoms with Crippen molar-refractivity contribution in [3.63, 3.8) is 0 Å². The zero-order chi connectivity index (χ0) is 23.1. The van der Waals surface area contributed by atoms with Gasteiger partial charge in [0.25, 0.3) is 0 Å². The summed E-state index contributed by atoms with van der Waals surface area (Å²) < 4.78 is 1.63. The fraction of sp³-hybridized carbons (Fsp3) is 0.0909. The third-order valence-corrected chi connectivity index (χ3v) is 9.30. The summed E-state index contributed by atoms with van der Waals surface area (Å²) in [5, 5.41) is 10.6. The van der Waals surface area contributed by atoms with Crippen LogP contribution in [0.15, 0.2) is 115 Å². The van der Waals surface area contributed by atoms with Crippen molar-refractivity contribution in [3.8, 4) is 0 Å². The Hall–Kier alpha value is -3.19. The predicted octanol–water partition coefficient (Wildman–Crippen LogP) is 6.75. The Morgan fingerprint density at radius 2 is 1.24 bits per heavy atom. The fourth-order valence-electron chi connectivity index (χ4n) is 5.54. The van der Waals surface area contributed by atoms with E-state index in [9.17, 15) is 0 Å². The molecule has 163 valence electrons. The Morgan fingerprint density at radius 3 is 1.82 bits per heavy atom. The molecular formula is C33H27Ti. The molecule has 0 aliphatic heterocycles. The van der Waals surface area contributed by atoms with Crippen molar-refractivity contribution in [2.24, 2.45) is 0 Å². The molecule has 0 unspecified atom stereocenters. The Balaban J connectivity index is 1.85. The van der Waals surface area contributed by atoms with Crippen LogP contribution in [0.1, 0.15) is 28.7 Å². The molecule has 2 aliphatic carbocycles. The summed E-state index contributed by atoms with van der Waals surface area (Å²) in [5.74, 6) is 0. The van der Waals surface area contributed by atoms with Crippen molar-refractivity contribution >= 4 is 15.0 Å². The molecule has 0 radical (unpaired) electrons. The molecule has 0 atom stereocenters. The Kier molecular flexibility index (Phi) is 5.57. The molecule has 34 heavy (non-hydrogen) atoms. The van der Waals surface area contributed by atoms with Crippen LogP contribution in [0.25, 0.3) is 15.0 Å². The molecule has 0 amide bonds. The number of allylic oxidation sites excluding steroid dienone is 4. The van der Waals surface area contributed by atoms with Crippen molar-refractivity contribution in [3.05, 3.63) is 158 Å². The van der Waals surface area contributed by atoms with Gasteiger partial charge < -0.3 is 0 Å². The third-order valence-electron chi connectivity index (χ3n) is 6.93. The first kappa shape index (κ1) is 21.4. The Labute approximate surface area is 207 Å². The summed E-state index contributed by atoms with van der Waals surface area (Å²) >= 11 is -1.42. The van der Waals surface area contributed by atoms with Gasteiger partial charge in [0.2, 0.25) is 0 Å². The molecule has 2 aliphatic rings. The van der Waals surface area contributed by atoms with Crippen LogP contribution in [-0.2, 0) is 17.9 Å². The van der Waals surface area contributed by atoms with E-state index in [-0.39, 0.29) is 0 Å². The van der Waals surface area contributed by atoms with Crippen LogP contribution in [0.5, 0.6) is 0 Å². The first-order valence-corrected chi connectivity index (χ1v) is 15.9. The van der Waals surface area contributed by atoms with E-state index < -0.39 is 17.9 Å². The number of hydrogen-bond acceptors (Lipinski definition) is 0. The van der Waals surface area contributed by atoms with E-state index in [1.165, 1.54) is 54.3 Å². The summed E-state index contributed by atoms with van der Waals surface area (Å²) in [6.45, 7) is 0. The molecule has 0 spiro atoms. The van der Waals surface area contributed by atoms with Crippen LogP contribution in [0.2, 0.25) is 10.5 Å². The molecular weight excluding hydrogens is 444 g/mol. The van der Waals surface area contributed by atoms with Crippen LogP contribution < -0.4 is 10.4 Å². The van der Waals surface area contributed by atoms with Gasteiger partial charge in [0.15, 0.2) is 0 Å². The van der Waals surface area contributed by atoms with E-state index in [1.54, 1.807) is 3.88 Å². The van der Waals surface area contributed by atoms with Crippen LogP contribution in [0, 0.1) is 10.4 Å². The quantitative estimate of drug-likeness (QED) is 0.289. The first-order chi connectivity index (χ1) is 16.7. The fourth-order valence-corrected chi connectivity index (χ4v) is 7.91. The van der Waals surface area contributed by atoms with Gasteiger partial charge in [0.05, 0.1) is 0 Å². The van der Waals surface area contributed by atoms with Gasteiger partial charge in [0, 0.05) is 0 Å². The second kappa shape index (κ2) is 8.87. The van der Waals surface area contributed by atoms with Gasteiger partial charge >= 0.3 is 208 Å². The number of benzene rings is 4. The molecule has 0 nitrogen and oxygen atoms in total. The van der Waals surface area contributed by atoms with E-state index in [4.69, 9.17) is 0 Å². The Morgan fingerprint density at radius 1 is 0.618 bits per heavy atom. The summed E-state index contributed by atoms with van der Waals surface area (Å²) in [4.78, 5) is 0. The van der Waals surface area contributed by atoms with Crippen LogP contribution in [-0.4, -0.2) is 0 Å². The van der Waals surface area contributed by atoms with E-state index in [1.807, 2.05) is 0 Å². The van der Waals surface area contributed by atoms with Crippen LogP contribution in [0.4, 0.5) is 0 Å². The van der Waals surface area contributed by atoms with Gasteiger partial charge in [-0.25, -0.2) is 0 Å². The van der Waals surface area contributed by atoms with Gasteiger partial charge in [-0.3, -0.25) is 0 Å². The van der Waals surface area contributed by atoms with E-state index in [0.717, 1.165) is 6.42 Å². The summed E-state index contributed by atoms with van der Waals surface area (Å²) in [6, 6.07) is 35.6. The molecule has 4 aromatic carbocycles. The van der Waals surface area contributed by atoms with E-state index in [0.29, 0.717) is 0 Å². The van der Waals surface area contributed by atoms with Gasteiger partial charge in [-0.05, 0) is 0 Å².